The highest BCUT2D eigenvalue weighted by atomic mass is 16.6. The van der Waals surface area contributed by atoms with Crippen molar-refractivity contribution < 1.29 is 19.4 Å². The summed E-state index contributed by atoms with van der Waals surface area (Å²) < 4.78 is 11.0. The zero-order valence-electron chi connectivity index (χ0n) is 8.94. The second-order valence-electron chi connectivity index (χ2n) is 3.60. The van der Waals surface area contributed by atoms with Crippen molar-refractivity contribution in [3.05, 3.63) is 17.7 Å². The van der Waals surface area contributed by atoms with Crippen LogP contribution in [0.3, 0.4) is 0 Å². The van der Waals surface area contributed by atoms with Gasteiger partial charge in [0.15, 0.2) is 11.5 Å². The SMILES string of the molecule is NOCCc1cc2c(cc1O)OCCCO2. The van der Waals surface area contributed by atoms with Crippen molar-refractivity contribution in [1.82, 2.24) is 0 Å². The molecule has 0 atom stereocenters. The second-order valence-corrected chi connectivity index (χ2v) is 3.60. The second kappa shape index (κ2) is 5.05. The van der Waals surface area contributed by atoms with Crippen molar-refractivity contribution in [2.24, 2.45) is 5.90 Å². The third-order valence-corrected chi connectivity index (χ3v) is 2.44. The van der Waals surface area contributed by atoms with Gasteiger partial charge >= 0.3 is 0 Å². The fraction of sp³-hybridized carbons (Fsp3) is 0.455. The van der Waals surface area contributed by atoms with Crippen LogP contribution in [0.2, 0.25) is 0 Å². The van der Waals surface area contributed by atoms with E-state index in [9.17, 15) is 5.11 Å². The van der Waals surface area contributed by atoms with Gasteiger partial charge in [-0.25, -0.2) is 5.90 Å². The molecule has 16 heavy (non-hydrogen) atoms. The van der Waals surface area contributed by atoms with Gasteiger partial charge in [0.05, 0.1) is 19.8 Å². The van der Waals surface area contributed by atoms with E-state index in [1.165, 1.54) is 0 Å². The summed E-state index contributed by atoms with van der Waals surface area (Å²) >= 11 is 0. The Kier molecular flexibility index (Phi) is 3.48. The molecule has 1 heterocycles. The molecular formula is C11H15NO4. The molecular weight excluding hydrogens is 210 g/mol. The third kappa shape index (κ3) is 2.37. The lowest BCUT2D eigenvalue weighted by molar-refractivity contribution is 0.140. The maximum atomic E-state index is 9.75. The summed E-state index contributed by atoms with van der Waals surface area (Å²) in [6, 6.07) is 3.35. The van der Waals surface area contributed by atoms with Crippen LogP contribution in [-0.4, -0.2) is 24.9 Å². The zero-order chi connectivity index (χ0) is 11.4. The van der Waals surface area contributed by atoms with Gasteiger partial charge in [0, 0.05) is 24.5 Å². The van der Waals surface area contributed by atoms with E-state index < -0.39 is 0 Å². The Morgan fingerprint density at radius 1 is 1.25 bits per heavy atom. The normalized spacial score (nSPS) is 14.6. The molecule has 0 saturated carbocycles. The molecule has 88 valence electrons. The first-order valence-corrected chi connectivity index (χ1v) is 5.24. The number of rotatable bonds is 3. The molecule has 0 spiro atoms. The van der Waals surface area contributed by atoms with Crippen molar-refractivity contribution in [3.8, 4) is 17.2 Å². The van der Waals surface area contributed by atoms with Crippen LogP contribution in [0.4, 0.5) is 0 Å². The molecule has 1 aromatic carbocycles. The summed E-state index contributed by atoms with van der Waals surface area (Å²) in [6.07, 6.45) is 1.38. The van der Waals surface area contributed by atoms with Crippen LogP contribution in [-0.2, 0) is 11.3 Å². The molecule has 0 bridgehead atoms. The van der Waals surface area contributed by atoms with Gasteiger partial charge in [-0.2, -0.15) is 0 Å². The maximum absolute atomic E-state index is 9.75. The quantitative estimate of drug-likeness (QED) is 0.750. The van der Waals surface area contributed by atoms with E-state index in [-0.39, 0.29) is 5.75 Å². The van der Waals surface area contributed by atoms with Crippen LogP contribution in [0.5, 0.6) is 17.2 Å². The van der Waals surface area contributed by atoms with E-state index in [0.717, 1.165) is 12.0 Å². The molecule has 1 aliphatic rings. The molecule has 1 aliphatic heterocycles. The van der Waals surface area contributed by atoms with Crippen molar-refractivity contribution >= 4 is 0 Å². The molecule has 5 heteroatoms. The molecule has 1 aromatic rings. The Morgan fingerprint density at radius 2 is 1.94 bits per heavy atom. The predicted octanol–water partition coefficient (Wildman–Crippen LogP) is 0.986. The Balaban J connectivity index is 2.24. The largest absolute Gasteiger partial charge is 0.508 e. The maximum Gasteiger partial charge on any atom is 0.164 e. The Hall–Kier alpha value is -1.46. The number of benzene rings is 1. The Morgan fingerprint density at radius 3 is 2.62 bits per heavy atom. The molecule has 0 radical (unpaired) electrons. The minimum atomic E-state index is 0.182. The highest BCUT2D eigenvalue weighted by Crippen LogP contribution is 2.35. The number of hydrogen-bond donors (Lipinski definition) is 2. The highest BCUT2D eigenvalue weighted by Gasteiger charge is 2.14. The van der Waals surface area contributed by atoms with Crippen molar-refractivity contribution in [2.75, 3.05) is 19.8 Å². The lowest BCUT2D eigenvalue weighted by atomic mass is 10.1. The van der Waals surface area contributed by atoms with Gasteiger partial charge in [-0.05, 0) is 6.07 Å². The van der Waals surface area contributed by atoms with Gasteiger partial charge in [0.25, 0.3) is 0 Å². The topological polar surface area (TPSA) is 73.9 Å². The number of phenolic OH excluding ortho intramolecular Hbond substituents is 1. The standard InChI is InChI=1S/C11H15NO4/c12-16-5-2-8-6-10-11(7-9(8)13)15-4-1-3-14-10/h6-7,13H,1-5,12H2. The zero-order valence-corrected chi connectivity index (χ0v) is 8.94. The lowest BCUT2D eigenvalue weighted by Crippen LogP contribution is -2.04. The summed E-state index contributed by atoms with van der Waals surface area (Å²) in [5, 5.41) is 9.75. The van der Waals surface area contributed by atoms with Crippen molar-refractivity contribution in [1.29, 1.82) is 0 Å². The number of fused-ring (bicyclic) bond motifs is 1. The van der Waals surface area contributed by atoms with Gasteiger partial charge in [-0.15, -0.1) is 0 Å². The Bertz CT molecular complexity index is 367. The average Bonchev–Trinajstić information content (AvgIpc) is 2.50. The average molecular weight is 225 g/mol. The van der Waals surface area contributed by atoms with Crippen LogP contribution in [0.25, 0.3) is 0 Å². The third-order valence-electron chi connectivity index (χ3n) is 2.44. The van der Waals surface area contributed by atoms with Crippen LogP contribution in [0, 0.1) is 0 Å². The summed E-state index contributed by atoms with van der Waals surface area (Å²) in [5.41, 5.74) is 0.745. The Labute approximate surface area is 93.7 Å². The summed E-state index contributed by atoms with van der Waals surface area (Å²) in [5.74, 6) is 6.39. The van der Waals surface area contributed by atoms with Crippen LogP contribution >= 0.6 is 0 Å². The first-order valence-electron chi connectivity index (χ1n) is 5.24. The lowest BCUT2D eigenvalue weighted by Gasteiger charge is -2.11. The van der Waals surface area contributed by atoms with E-state index in [0.29, 0.717) is 37.7 Å². The molecule has 0 fully saturated rings. The van der Waals surface area contributed by atoms with Crippen LogP contribution < -0.4 is 15.4 Å². The summed E-state index contributed by atoms with van der Waals surface area (Å²) in [7, 11) is 0. The first-order chi connectivity index (χ1) is 7.81. The van der Waals surface area contributed by atoms with Crippen LogP contribution in [0.15, 0.2) is 12.1 Å². The summed E-state index contributed by atoms with van der Waals surface area (Å²) in [4.78, 5) is 4.49. The molecule has 0 amide bonds. The first kappa shape index (κ1) is 11.0. The molecule has 0 saturated heterocycles. The molecule has 5 nitrogen and oxygen atoms in total. The van der Waals surface area contributed by atoms with Gasteiger partial charge in [0.2, 0.25) is 0 Å². The van der Waals surface area contributed by atoms with Crippen LogP contribution in [0.1, 0.15) is 12.0 Å². The predicted molar refractivity (Wildman–Crippen MR) is 57.6 cm³/mol. The number of hydrogen-bond acceptors (Lipinski definition) is 5. The molecule has 0 aliphatic carbocycles. The molecule has 0 aromatic heterocycles. The number of ether oxygens (including phenoxy) is 2. The smallest absolute Gasteiger partial charge is 0.164 e. The molecule has 2 rings (SSSR count). The minimum absolute atomic E-state index is 0.182. The van der Waals surface area contributed by atoms with E-state index >= 15 is 0 Å². The van der Waals surface area contributed by atoms with Gasteiger partial charge in [-0.3, -0.25) is 0 Å². The molecule has 0 unspecified atom stereocenters. The van der Waals surface area contributed by atoms with E-state index in [1.807, 2.05) is 0 Å². The van der Waals surface area contributed by atoms with Crippen molar-refractivity contribution in [3.63, 3.8) is 0 Å². The van der Waals surface area contributed by atoms with E-state index in [4.69, 9.17) is 15.4 Å². The van der Waals surface area contributed by atoms with E-state index in [2.05, 4.69) is 4.84 Å². The van der Waals surface area contributed by atoms with Gasteiger partial charge in [-0.1, -0.05) is 0 Å². The van der Waals surface area contributed by atoms with E-state index in [1.54, 1.807) is 12.1 Å². The fourth-order valence-electron chi connectivity index (χ4n) is 1.61. The number of nitrogens with two attached hydrogens (primary N) is 1. The minimum Gasteiger partial charge on any atom is -0.508 e. The highest BCUT2D eigenvalue weighted by molar-refractivity contribution is 5.50. The fourth-order valence-corrected chi connectivity index (χ4v) is 1.61. The van der Waals surface area contributed by atoms with Gasteiger partial charge in [0.1, 0.15) is 5.75 Å². The molecule has 3 N–H and O–H groups in total. The number of phenols is 1. The van der Waals surface area contributed by atoms with Crippen molar-refractivity contribution in [2.45, 2.75) is 12.8 Å². The monoisotopic (exact) mass is 225 g/mol. The number of aromatic hydroxyl groups is 1. The van der Waals surface area contributed by atoms with Gasteiger partial charge < -0.3 is 19.4 Å². The summed E-state index contributed by atoms with van der Waals surface area (Å²) in [6.45, 7) is 1.59.